The molecule has 4 rings (SSSR count). The molecule has 1 N–H and O–H groups in total. The highest BCUT2D eigenvalue weighted by Gasteiger charge is 2.49. The number of nitriles is 1. The van der Waals surface area contributed by atoms with Crippen molar-refractivity contribution in [1.82, 2.24) is 15.1 Å². The van der Waals surface area contributed by atoms with Crippen LogP contribution in [0.2, 0.25) is 0 Å². The first-order valence-corrected chi connectivity index (χ1v) is 12.1. The number of rotatable bonds is 6. The second-order valence-electron chi connectivity index (χ2n) is 8.92. The SMILES string of the molecule is Cc1cc(N2C[C@H](S(=O)c3ccccc3C(F)(F)F)C[C@H]2C(=O)NC2(C#N)CC2)n(CC(F)(F)F)n1. The molecule has 2 aromatic rings. The monoisotopic (exact) mass is 533 g/mol. The number of carbonyl (C=O) groups excluding carboxylic acids is 1. The molecule has 1 unspecified atom stereocenters. The van der Waals surface area contributed by atoms with Crippen LogP contribution in [0.5, 0.6) is 0 Å². The normalized spacial score (nSPS) is 22.2. The molecule has 36 heavy (non-hydrogen) atoms. The fraction of sp³-hybridized carbons (Fsp3) is 0.500. The average Bonchev–Trinajstić information content (AvgIpc) is 3.26. The van der Waals surface area contributed by atoms with E-state index in [1.54, 1.807) is 0 Å². The van der Waals surface area contributed by atoms with Crippen molar-refractivity contribution in [3.05, 3.63) is 41.6 Å². The largest absolute Gasteiger partial charge is 0.417 e. The minimum Gasteiger partial charge on any atom is -0.344 e. The van der Waals surface area contributed by atoms with Gasteiger partial charge in [-0.1, -0.05) is 12.1 Å². The number of aryl methyl sites for hydroxylation is 1. The number of amides is 1. The second kappa shape index (κ2) is 9.10. The first-order chi connectivity index (χ1) is 16.7. The van der Waals surface area contributed by atoms with E-state index in [4.69, 9.17) is 0 Å². The minimum absolute atomic E-state index is 0.0737. The van der Waals surface area contributed by atoms with Crippen LogP contribution in [0.4, 0.5) is 32.2 Å². The van der Waals surface area contributed by atoms with Crippen LogP contribution in [0, 0.1) is 18.3 Å². The van der Waals surface area contributed by atoms with Gasteiger partial charge in [-0.25, -0.2) is 4.68 Å². The van der Waals surface area contributed by atoms with E-state index in [-0.39, 0.29) is 24.5 Å². The van der Waals surface area contributed by atoms with Crippen LogP contribution in [-0.2, 0) is 28.3 Å². The molecule has 1 saturated heterocycles. The van der Waals surface area contributed by atoms with Gasteiger partial charge in [-0.15, -0.1) is 0 Å². The van der Waals surface area contributed by atoms with Crippen LogP contribution in [0.25, 0.3) is 0 Å². The number of carbonyl (C=O) groups is 1. The zero-order chi connectivity index (χ0) is 26.5. The van der Waals surface area contributed by atoms with Crippen LogP contribution in [0.15, 0.2) is 35.2 Å². The molecular weight excluding hydrogens is 512 g/mol. The summed E-state index contributed by atoms with van der Waals surface area (Å²) in [5.74, 6) is -0.745. The lowest BCUT2D eigenvalue weighted by Crippen LogP contribution is -2.48. The summed E-state index contributed by atoms with van der Waals surface area (Å²) in [6.45, 7) is -0.237. The average molecular weight is 533 g/mol. The summed E-state index contributed by atoms with van der Waals surface area (Å²) in [7, 11) is -2.24. The van der Waals surface area contributed by atoms with Crippen LogP contribution in [-0.4, -0.2) is 49.4 Å². The van der Waals surface area contributed by atoms with Crippen molar-refractivity contribution < 1.29 is 35.3 Å². The van der Waals surface area contributed by atoms with Gasteiger partial charge in [0.1, 0.15) is 23.9 Å². The summed E-state index contributed by atoms with van der Waals surface area (Å²) < 4.78 is 94.1. The van der Waals surface area contributed by atoms with E-state index >= 15 is 0 Å². The third kappa shape index (κ3) is 5.35. The molecule has 1 amide bonds. The van der Waals surface area contributed by atoms with Gasteiger partial charge in [-0.3, -0.25) is 9.00 Å². The lowest BCUT2D eigenvalue weighted by atomic mass is 10.1. The fourth-order valence-electron chi connectivity index (χ4n) is 4.27. The number of benzene rings is 1. The Hall–Kier alpha value is -3.08. The molecule has 0 bridgehead atoms. The van der Waals surface area contributed by atoms with Gasteiger partial charge in [-0.2, -0.15) is 36.7 Å². The maximum absolute atomic E-state index is 13.5. The highest BCUT2D eigenvalue weighted by molar-refractivity contribution is 7.85. The summed E-state index contributed by atoms with van der Waals surface area (Å²) in [5, 5.41) is 14.8. The molecule has 194 valence electrons. The molecule has 1 aromatic heterocycles. The van der Waals surface area contributed by atoms with Crippen LogP contribution >= 0.6 is 0 Å². The maximum atomic E-state index is 13.5. The van der Waals surface area contributed by atoms with E-state index in [9.17, 15) is 40.6 Å². The molecule has 1 aliphatic carbocycles. The summed E-state index contributed by atoms with van der Waals surface area (Å²) in [5.41, 5.74) is -1.93. The zero-order valence-electron chi connectivity index (χ0n) is 18.9. The fourth-order valence-corrected chi connectivity index (χ4v) is 5.89. The Kier molecular flexibility index (Phi) is 6.57. The minimum atomic E-state index is -4.77. The number of aromatic nitrogens is 2. The summed E-state index contributed by atoms with van der Waals surface area (Å²) in [6, 6.07) is 6.52. The highest BCUT2D eigenvalue weighted by atomic mass is 32.2. The zero-order valence-corrected chi connectivity index (χ0v) is 19.7. The van der Waals surface area contributed by atoms with E-state index in [1.165, 1.54) is 24.0 Å². The molecule has 0 radical (unpaired) electrons. The van der Waals surface area contributed by atoms with Crippen molar-refractivity contribution in [2.45, 2.75) is 66.8 Å². The molecule has 1 saturated carbocycles. The molecule has 2 heterocycles. The van der Waals surface area contributed by atoms with E-state index in [2.05, 4.69) is 10.4 Å². The van der Waals surface area contributed by atoms with Gasteiger partial charge in [0.25, 0.3) is 0 Å². The van der Waals surface area contributed by atoms with Crippen molar-refractivity contribution >= 4 is 22.5 Å². The molecular formula is C22H21F6N5O2S. The van der Waals surface area contributed by atoms with E-state index < -0.39 is 62.9 Å². The van der Waals surface area contributed by atoms with Crippen molar-refractivity contribution in [3.63, 3.8) is 0 Å². The lowest BCUT2D eigenvalue weighted by Gasteiger charge is -2.27. The quantitative estimate of drug-likeness (QED) is 0.572. The number of halogens is 6. The number of nitrogens with one attached hydrogen (secondary N) is 1. The summed E-state index contributed by atoms with van der Waals surface area (Å²) >= 11 is 0. The number of hydrogen-bond donors (Lipinski definition) is 1. The molecule has 14 heteroatoms. The summed E-state index contributed by atoms with van der Waals surface area (Å²) in [6.07, 6.45) is -8.78. The molecule has 1 aromatic carbocycles. The van der Waals surface area contributed by atoms with Crippen molar-refractivity contribution in [1.29, 1.82) is 5.26 Å². The van der Waals surface area contributed by atoms with Crippen LogP contribution in [0.1, 0.15) is 30.5 Å². The molecule has 7 nitrogen and oxygen atoms in total. The Balaban J connectivity index is 1.70. The number of anilines is 1. The number of alkyl halides is 6. The van der Waals surface area contributed by atoms with Gasteiger partial charge in [0.2, 0.25) is 5.91 Å². The van der Waals surface area contributed by atoms with E-state index in [1.807, 2.05) is 6.07 Å². The smallest absolute Gasteiger partial charge is 0.344 e. The number of hydrogen-bond acceptors (Lipinski definition) is 5. The Bertz CT molecular complexity index is 1230. The number of nitrogens with zero attached hydrogens (tertiary/aromatic N) is 4. The van der Waals surface area contributed by atoms with Gasteiger partial charge in [0, 0.05) is 12.6 Å². The van der Waals surface area contributed by atoms with Gasteiger partial charge in [0.15, 0.2) is 0 Å². The van der Waals surface area contributed by atoms with E-state index in [0.717, 1.165) is 18.2 Å². The predicted molar refractivity (Wildman–Crippen MR) is 116 cm³/mol. The van der Waals surface area contributed by atoms with Gasteiger partial charge >= 0.3 is 12.4 Å². The first-order valence-electron chi connectivity index (χ1n) is 10.9. The molecule has 2 fully saturated rings. The topological polar surface area (TPSA) is 91.0 Å². The van der Waals surface area contributed by atoms with Gasteiger partial charge in [0.05, 0.1) is 38.3 Å². The molecule has 1 aliphatic heterocycles. The molecule has 3 atom stereocenters. The second-order valence-corrected chi connectivity index (χ2v) is 10.6. The maximum Gasteiger partial charge on any atom is 0.417 e. The highest BCUT2D eigenvalue weighted by Crippen LogP contribution is 2.39. The molecule has 2 aliphatic rings. The van der Waals surface area contributed by atoms with Crippen LogP contribution < -0.4 is 10.2 Å². The standard InChI is InChI=1S/C22H21F6N5O2S/c1-13-8-18(33(31-13)12-21(23,24)25)32-10-14(9-16(32)19(34)30-20(11-29)6-7-20)36(35)17-5-3-2-4-15(17)22(26,27)28/h2-5,8,14,16H,6-7,9-10,12H2,1H3,(H,30,34)/t14-,16+,36?/m1/s1. The molecule has 0 spiro atoms. The Morgan fingerprint density at radius 1 is 1.25 bits per heavy atom. The summed E-state index contributed by atoms with van der Waals surface area (Å²) in [4.78, 5) is 14.0. The Labute approximate surface area is 204 Å². The van der Waals surface area contributed by atoms with Gasteiger partial charge in [-0.05, 0) is 38.3 Å². The Morgan fingerprint density at radius 2 is 1.92 bits per heavy atom. The van der Waals surface area contributed by atoms with Gasteiger partial charge < -0.3 is 10.2 Å². The third-order valence-corrected chi connectivity index (χ3v) is 7.84. The van der Waals surface area contributed by atoms with Crippen molar-refractivity contribution in [2.24, 2.45) is 0 Å². The van der Waals surface area contributed by atoms with Crippen molar-refractivity contribution in [2.75, 3.05) is 11.4 Å². The first kappa shape index (κ1) is 26.0. The predicted octanol–water partition coefficient (Wildman–Crippen LogP) is 3.70. The van der Waals surface area contributed by atoms with E-state index in [0.29, 0.717) is 17.5 Å². The van der Waals surface area contributed by atoms with Crippen LogP contribution in [0.3, 0.4) is 0 Å². The lowest BCUT2D eigenvalue weighted by molar-refractivity contribution is -0.142. The third-order valence-electron chi connectivity index (χ3n) is 6.11. The van der Waals surface area contributed by atoms with Crippen molar-refractivity contribution in [3.8, 4) is 6.07 Å². The Morgan fingerprint density at radius 3 is 2.50 bits per heavy atom.